The summed E-state index contributed by atoms with van der Waals surface area (Å²) in [4.78, 5) is 25.4. The summed E-state index contributed by atoms with van der Waals surface area (Å²) in [6.45, 7) is 7.54. The summed E-state index contributed by atoms with van der Waals surface area (Å²) in [6, 6.07) is 0. The van der Waals surface area contributed by atoms with Crippen molar-refractivity contribution in [1.29, 1.82) is 0 Å². The Morgan fingerprint density at radius 2 is 0.726 bits per heavy atom. The first-order valence-electron chi connectivity index (χ1n) is 26.1. The summed E-state index contributed by atoms with van der Waals surface area (Å²) in [7, 11) is 0. The number of ether oxygens (including phenoxy) is 3. The van der Waals surface area contributed by atoms with Gasteiger partial charge in [-0.05, 0) is 89.9 Å². The Bertz CT molecular complexity index is 1160. The first-order valence-corrected chi connectivity index (χ1v) is 26.1. The van der Waals surface area contributed by atoms with Gasteiger partial charge >= 0.3 is 11.9 Å². The highest BCUT2D eigenvalue weighted by Gasteiger charge is 2.17. The molecule has 5 heteroatoms. The molecule has 0 spiro atoms. The van der Waals surface area contributed by atoms with Gasteiger partial charge in [0.05, 0.1) is 6.61 Å². The van der Waals surface area contributed by atoms with Crippen molar-refractivity contribution in [3.63, 3.8) is 0 Å². The fourth-order valence-corrected chi connectivity index (χ4v) is 7.10. The number of esters is 2. The van der Waals surface area contributed by atoms with Crippen LogP contribution in [0.2, 0.25) is 0 Å². The molecule has 1 atom stereocenters. The monoisotopic (exact) mass is 863 g/mol. The minimum Gasteiger partial charge on any atom is -0.462 e. The minimum atomic E-state index is -0.563. The van der Waals surface area contributed by atoms with Crippen LogP contribution in [-0.4, -0.2) is 37.9 Å². The van der Waals surface area contributed by atoms with Gasteiger partial charge in [0.15, 0.2) is 6.10 Å². The number of allylic oxidation sites excluding steroid dienone is 14. The SMILES string of the molecule is CC/C=C\C/C=C\C/C=C\C/C=C\CCCCCCCOCC(COC(=O)CCCCCCCCCCCCCCCCC)OC(=O)CCCCC/C=C\C/C=C\C/C=C\CC. The summed E-state index contributed by atoms with van der Waals surface area (Å²) in [5.74, 6) is -0.439. The predicted octanol–water partition coefficient (Wildman–Crippen LogP) is 17.7. The molecule has 0 fully saturated rings. The van der Waals surface area contributed by atoms with Crippen molar-refractivity contribution in [3.05, 3.63) is 85.1 Å². The Labute approximate surface area is 384 Å². The van der Waals surface area contributed by atoms with Crippen molar-refractivity contribution >= 4 is 11.9 Å². The largest absolute Gasteiger partial charge is 0.462 e. The average molecular weight is 863 g/mol. The number of unbranched alkanes of at least 4 members (excludes halogenated alkanes) is 22. The van der Waals surface area contributed by atoms with Gasteiger partial charge < -0.3 is 14.2 Å². The fourth-order valence-electron chi connectivity index (χ4n) is 7.10. The fraction of sp³-hybridized carbons (Fsp3) is 0.719. The third kappa shape index (κ3) is 49.7. The lowest BCUT2D eigenvalue weighted by Crippen LogP contribution is -2.30. The second-order valence-corrected chi connectivity index (χ2v) is 17.0. The van der Waals surface area contributed by atoms with E-state index in [9.17, 15) is 9.59 Å². The van der Waals surface area contributed by atoms with E-state index in [-0.39, 0.29) is 25.2 Å². The third-order valence-electron chi connectivity index (χ3n) is 10.9. The van der Waals surface area contributed by atoms with E-state index in [1.807, 2.05) is 0 Å². The van der Waals surface area contributed by atoms with Crippen LogP contribution in [0.25, 0.3) is 0 Å². The van der Waals surface area contributed by atoms with Crippen molar-refractivity contribution in [3.8, 4) is 0 Å². The molecule has 0 bridgehead atoms. The zero-order valence-electron chi connectivity index (χ0n) is 40.9. The van der Waals surface area contributed by atoms with Gasteiger partial charge in [0.25, 0.3) is 0 Å². The lowest BCUT2D eigenvalue weighted by atomic mass is 10.0. The van der Waals surface area contributed by atoms with E-state index in [0.29, 0.717) is 19.4 Å². The number of rotatable bonds is 47. The molecule has 356 valence electrons. The maximum atomic E-state index is 12.8. The van der Waals surface area contributed by atoms with Gasteiger partial charge in [0.1, 0.15) is 6.61 Å². The Hall–Kier alpha value is -2.92. The van der Waals surface area contributed by atoms with E-state index in [4.69, 9.17) is 14.2 Å². The van der Waals surface area contributed by atoms with E-state index in [2.05, 4.69) is 106 Å². The molecule has 1 unspecified atom stereocenters. The van der Waals surface area contributed by atoms with E-state index in [0.717, 1.165) is 103 Å². The van der Waals surface area contributed by atoms with Gasteiger partial charge in [-0.3, -0.25) is 9.59 Å². The Morgan fingerprint density at radius 3 is 1.18 bits per heavy atom. The summed E-state index contributed by atoms with van der Waals surface area (Å²) in [5.41, 5.74) is 0. The Kier molecular flexibility index (Phi) is 50.0. The van der Waals surface area contributed by atoms with Crippen LogP contribution in [-0.2, 0) is 23.8 Å². The van der Waals surface area contributed by atoms with Crippen LogP contribution in [0.5, 0.6) is 0 Å². The number of hydrogen-bond donors (Lipinski definition) is 0. The molecule has 62 heavy (non-hydrogen) atoms. The van der Waals surface area contributed by atoms with Crippen LogP contribution in [0.1, 0.15) is 239 Å². The van der Waals surface area contributed by atoms with Crippen molar-refractivity contribution in [2.75, 3.05) is 19.8 Å². The Morgan fingerprint density at radius 1 is 0.371 bits per heavy atom. The molecule has 0 rings (SSSR count). The lowest BCUT2D eigenvalue weighted by Gasteiger charge is -2.18. The molecular weight excluding hydrogens is 765 g/mol. The quantitative estimate of drug-likeness (QED) is 0.0346. The van der Waals surface area contributed by atoms with Crippen LogP contribution < -0.4 is 0 Å². The molecule has 0 radical (unpaired) electrons. The maximum Gasteiger partial charge on any atom is 0.306 e. The smallest absolute Gasteiger partial charge is 0.306 e. The van der Waals surface area contributed by atoms with Crippen molar-refractivity contribution < 1.29 is 23.8 Å². The number of hydrogen-bond acceptors (Lipinski definition) is 5. The van der Waals surface area contributed by atoms with E-state index in [1.165, 1.54) is 103 Å². The normalized spacial score (nSPS) is 12.9. The first-order chi connectivity index (χ1) is 30.6. The molecule has 0 N–H and O–H groups in total. The van der Waals surface area contributed by atoms with Crippen LogP contribution in [0.15, 0.2) is 85.1 Å². The summed E-state index contributed by atoms with van der Waals surface area (Å²) in [6.07, 6.45) is 68.8. The van der Waals surface area contributed by atoms with E-state index >= 15 is 0 Å². The first kappa shape index (κ1) is 59.1. The van der Waals surface area contributed by atoms with Crippen LogP contribution in [0, 0.1) is 0 Å². The highest BCUT2D eigenvalue weighted by Crippen LogP contribution is 2.15. The van der Waals surface area contributed by atoms with Gasteiger partial charge in [-0.2, -0.15) is 0 Å². The molecule has 0 aliphatic heterocycles. The van der Waals surface area contributed by atoms with Crippen molar-refractivity contribution in [2.45, 2.75) is 245 Å². The minimum absolute atomic E-state index is 0.0642. The highest BCUT2D eigenvalue weighted by atomic mass is 16.6. The summed E-state index contributed by atoms with van der Waals surface area (Å²) in [5, 5.41) is 0. The molecule has 0 aromatic carbocycles. The molecule has 0 heterocycles. The van der Waals surface area contributed by atoms with Crippen LogP contribution in [0.4, 0.5) is 0 Å². The number of carbonyl (C=O) groups excluding carboxylic acids is 2. The third-order valence-corrected chi connectivity index (χ3v) is 10.9. The molecular formula is C57H98O5. The molecule has 0 aromatic rings. The van der Waals surface area contributed by atoms with E-state index in [1.54, 1.807) is 0 Å². The van der Waals surface area contributed by atoms with Gasteiger partial charge in [-0.25, -0.2) is 0 Å². The zero-order valence-corrected chi connectivity index (χ0v) is 40.9. The van der Waals surface area contributed by atoms with E-state index < -0.39 is 6.10 Å². The van der Waals surface area contributed by atoms with Gasteiger partial charge in [-0.1, -0.05) is 221 Å². The van der Waals surface area contributed by atoms with Crippen LogP contribution >= 0.6 is 0 Å². The molecule has 0 aromatic heterocycles. The molecule has 0 saturated heterocycles. The van der Waals surface area contributed by atoms with Crippen molar-refractivity contribution in [1.82, 2.24) is 0 Å². The predicted molar refractivity (Wildman–Crippen MR) is 270 cm³/mol. The zero-order chi connectivity index (χ0) is 44.9. The standard InChI is InChI=1S/C57H98O5/c1-4-7-10-13-16-19-22-25-27-28-29-31-34-37-40-43-46-49-52-60-53-55(62-57(59)51-48-45-42-39-36-32-24-21-18-15-12-9-6-3)54-61-56(58)50-47-44-41-38-35-33-30-26-23-20-17-14-11-8-5-2/h7,9-10,12,16,18-19,21,25,27,29,31-32,36,55H,4-6,8,11,13-15,17,20,22-24,26,28,30,33-35,37-54H2,1-3H3/b10-7-,12-9-,19-16-,21-18-,27-25-,31-29-,36-32-. The maximum absolute atomic E-state index is 12.8. The number of carbonyl (C=O) groups is 2. The molecule has 0 saturated carbocycles. The molecule has 0 amide bonds. The summed E-state index contributed by atoms with van der Waals surface area (Å²) < 4.78 is 17.4. The lowest BCUT2D eigenvalue weighted by molar-refractivity contribution is -0.163. The van der Waals surface area contributed by atoms with Crippen molar-refractivity contribution in [2.24, 2.45) is 0 Å². The van der Waals surface area contributed by atoms with Crippen LogP contribution in [0.3, 0.4) is 0 Å². The average Bonchev–Trinajstić information content (AvgIpc) is 3.27. The van der Waals surface area contributed by atoms with Gasteiger partial charge in [0.2, 0.25) is 0 Å². The van der Waals surface area contributed by atoms with Gasteiger partial charge in [0, 0.05) is 19.4 Å². The second kappa shape index (κ2) is 52.4. The van der Waals surface area contributed by atoms with Gasteiger partial charge in [-0.15, -0.1) is 0 Å². The topological polar surface area (TPSA) is 61.8 Å². The summed E-state index contributed by atoms with van der Waals surface area (Å²) >= 11 is 0. The second-order valence-electron chi connectivity index (χ2n) is 17.0. The molecule has 0 aliphatic rings. The highest BCUT2D eigenvalue weighted by molar-refractivity contribution is 5.70. The Balaban J connectivity index is 4.33. The molecule has 5 nitrogen and oxygen atoms in total. The molecule has 0 aliphatic carbocycles.